The third kappa shape index (κ3) is 1.32. The van der Waals surface area contributed by atoms with Crippen LogP contribution in [0, 0.1) is 0 Å². The van der Waals surface area contributed by atoms with E-state index in [2.05, 4.69) is 30.9 Å². The third-order valence-corrected chi connectivity index (χ3v) is 2.21. The Bertz CT molecular complexity index is 516. The standard InChI is InChI=1S/C10H13N3O/c1-10(2,3)7-6-11-13-5-4-8(14)12-9(7)13/h4-6H,1-3H3,(H,12,14). The number of hydrogen-bond donors (Lipinski definition) is 1. The average Bonchev–Trinajstić information content (AvgIpc) is 2.45. The summed E-state index contributed by atoms with van der Waals surface area (Å²) in [5.74, 6) is 0. The van der Waals surface area contributed by atoms with Crippen molar-refractivity contribution in [3.8, 4) is 0 Å². The lowest BCUT2D eigenvalue weighted by atomic mass is 9.89. The molecule has 0 saturated carbocycles. The molecule has 2 aromatic heterocycles. The number of aromatic amines is 1. The van der Waals surface area contributed by atoms with Gasteiger partial charge < -0.3 is 4.98 Å². The number of nitrogens with one attached hydrogen (secondary N) is 1. The van der Waals surface area contributed by atoms with E-state index in [1.165, 1.54) is 6.07 Å². The van der Waals surface area contributed by atoms with E-state index in [0.29, 0.717) is 0 Å². The van der Waals surface area contributed by atoms with E-state index >= 15 is 0 Å². The zero-order valence-electron chi connectivity index (χ0n) is 8.53. The number of rotatable bonds is 0. The molecule has 0 saturated heterocycles. The molecule has 4 nitrogen and oxygen atoms in total. The van der Waals surface area contributed by atoms with Gasteiger partial charge in [0.1, 0.15) is 5.65 Å². The molecule has 0 amide bonds. The van der Waals surface area contributed by atoms with Crippen LogP contribution in [0.5, 0.6) is 0 Å². The molecule has 0 atom stereocenters. The van der Waals surface area contributed by atoms with Crippen molar-refractivity contribution < 1.29 is 0 Å². The van der Waals surface area contributed by atoms with Crippen molar-refractivity contribution in [2.75, 3.05) is 0 Å². The number of H-pyrrole nitrogens is 1. The molecular formula is C10H13N3O. The second kappa shape index (κ2) is 2.70. The largest absolute Gasteiger partial charge is 0.307 e. The minimum atomic E-state index is -0.0940. The maximum atomic E-state index is 11.2. The summed E-state index contributed by atoms with van der Waals surface area (Å²) in [7, 11) is 0. The summed E-state index contributed by atoms with van der Waals surface area (Å²) < 4.78 is 1.68. The topological polar surface area (TPSA) is 50.2 Å². The summed E-state index contributed by atoms with van der Waals surface area (Å²) in [6.45, 7) is 6.28. The Kier molecular flexibility index (Phi) is 1.74. The summed E-state index contributed by atoms with van der Waals surface area (Å²) >= 11 is 0. The fourth-order valence-electron chi connectivity index (χ4n) is 1.45. The Hall–Kier alpha value is -1.58. The minimum absolute atomic E-state index is 0.00789. The van der Waals surface area contributed by atoms with E-state index < -0.39 is 0 Å². The molecule has 0 aliphatic heterocycles. The van der Waals surface area contributed by atoms with E-state index in [4.69, 9.17) is 0 Å². The average molecular weight is 191 g/mol. The summed E-state index contributed by atoms with van der Waals surface area (Å²) in [5.41, 5.74) is 1.73. The second-order valence-electron chi connectivity index (χ2n) is 4.41. The first kappa shape index (κ1) is 8.99. The molecule has 2 aromatic rings. The Morgan fingerprint density at radius 3 is 2.79 bits per heavy atom. The van der Waals surface area contributed by atoms with E-state index in [1.54, 1.807) is 16.9 Å². The van der Waals surface area contributed by atoms with Gasteiger partial charge in [-0.2, -0.15) is 5.10 Å². The highest BCUT2D eigenvalue weighted by molar-refractivity contribution is 5.49. The summed E-state index contributed by atoms with van der Waals surface area (Å²) in [4.78, 5) is 14.0. The van der Waals surface area contributed by atoms with Crippen LogP contribution in [0.3, 0.4) is 0 Å². The van der Waals surface area contributed by atoms with Crippen LogP contribution >= 0.6 is 0 Å². The highest BCUT2D eigenvalue weighted by Gasteiger charge is 2.19. The van der Waals surface area contributed by atoms with Gasteiger partial charge >= 0.3 is 0 Å². The SMILES string of the molecule is CC(C)(C)c1cnn2ccc(=O)[nH]c12. The van der Waals surface area contributed by atoms with Gasteiger partial charge in [-0.3, -0.25) is 4.79 Å². The van der Waals surface area contributed by atoms with Crippen LogP contribution in [0.15, 0.2) is 23.3 Å². The number of nitrogens with zero attached hydrogens (tertiary/aromatic N) is 2. The van der Waals surface area contributed by atoms with Crippen LogP contribution in [0.1, 0.15) is 26.3 Å². The molecular weight excluding hydrogens is 178 g/mol. The predicted octanol–water partition coefficient (Wildman–Crippen LogP) is 1.32. The van der Waals surface area contributed by atoms with Crippen molar-refractivity contribution in [1.29, 1.82) is 0 Å². The summed E-state index contributed by atoms with van der Waals surface area (Å²) in [6, 6.07) is 1.46. The van der Waals surface area contributed by atoms with Crippen molar-refractivity contribution in [2.45, 2.75) is 26.2 Å². The fourth-order valence-corrected chi connectivity index (χ4v) is 1.45. The van der Waals surface area contributed by atoms with Gasteiger partial charge in [0.15, 0.2) is 0 Å². The molecule has 14 heavy (non-hydrogen) atoms. The first-order valence-electron chi connectivity index (χ1n) is 4.55. The molecule has 4 heteroatoms. The smallest absolute Gasteiger partial charge is 0.251 e. The van der Waals surface area contributed by atoms with Crippen molar-refractivity contribution in [1.82, 2.24) is 14.6 Å². The van der Waals surface area contributed by atoms with Crippen molar-refractivity contribution in [2.24, 2.45) is 0 Å². The molecule has 0 fully saturated rings. The molecule has 2 heterocycles. The van der Waals surface area contributed by atoms with E-state index in [9.17, 15) is 4.79 Å². The highest BCUT2D eigenvalue weighted by Crippen LogP contribution is 2.24. The van der Waals surface area contributed by atoms with Gasteiger partial charge in [0, 0.05) is 17.8 Å². The van der Waals surface area contributed by atoms with Crippen molar-refractivity contribution in [3.05, 3.63) is 34.4 Å². The number of fused-ring (bicyclic) bond motifs is 1. The van der Waals surface area contributed by atoms with Crippen LogP contribution in [-0.4, -0.2) is 14.6 Å². The molecule has 2 rings (SSSR count). The van der Waals surface area contributed by atoms with E-state index in [1.807, 2.05) is 0 Å². The van der Waals surface area contributed by atoms with Gasteiger partial charge in [0.05, 0.1) is 6.20 Å². The first-order valence-corrected chi connectivity index (χ1v) is 4.55. The maximum Gasteiger partial charge on any atom is 0.251 e. The lowest BCUT2D eigenvalue weighted by Gasteiger charge is -2.15. The fraction of sp³-hybridized carbons (Fsp3) is 0.400. The van der Waals surface area contributed by atoms with Crippen LogP contribution < -0.4 is 5.56 Å². The Labute approximate surface area is 81.6 Å². The van der Waals surface area contributed by atoms with Crippen LogP contribution in [0.25, 0.3) is 5.65 Å². The second-order valence-corrected chi connectivity index (χ2v) is 4.41. The Balaban J connectivity index is 2.80. The number of aromatic nitrogens is 3. The van der Waals surface area contributed by atoms with Gasteiger partial charge in [-0.05, 0) is 5.41 Å². The molecule has 74 valence electrons. The predicted molar refractivity (Wildman–Crippen MR) is 54.5 cm³/mol. The van der Waals surface area contributed by atoms with Gasteiger partial charge in [-0.25, -0.2) is 4.52 Å². The zero-order chi connectivity index (χ0) is 10.3. The Morgan fingerprint density at radius 1 is 1.43 bits per heavy atom. The first-order chi connectivity index (χ1) is 6.48. The normalized spacial score (nSPS) is 12.2. The molecule has 1 N–H and O–H groups in total. The molecule has 0 spiro atoms. The molecule has 0 aromatic carbocycles. The van der Waals surface area contributed by atoms with E-state index in [-0.39, 0.29) is 11.0 Å². The van der Waals surface area contributed by atoms with Crippen LogP contribution in [-0.2, 0) is 5.41 Å². The molecule has 0 aliphatic carbocycles. The minimum Gasteiger partial charge on any atom is -0.307 e. The summed E-state index contributed by atoms with van der Waals surface area (Å²) in [6.07, 6.45) is 3.47. The third-order valence-electron chi connectivity index (χ3n) is 2.21. The summed E-state index contributed by atoms with van der Waals surface area (Å²) in [5, 5.41) is 4.17. The monoisotopic (exact) mass is 191 g/mol. The van der Waals surface area contributed by atoms with Gasteiger partial charge in [0.25, 0.3) is 5.56 Å². The molecule has 0 aliphatic rings. The quantitative estimate of drug-likeness (QED) is 0.682. The van der Waals surface area contributed by atoms with Gasteiger partial charge in [-0.1, -0.05) is 20.8 Å². The number of hydrogen-bond acceptors (Lipinski definition) is 2. The van der Waals surface area contributed by atoms with Crippen LogP contribution in [0.4, 0.5) is 0 Å². The Morgan fingerprint density at radius 2 is 2.14 bits per heavy atom. The lowest BCUT2D eigenvalue weighted by molar-refractivity contribution is 0.594. The van der Waals surface area contributed by atoms with Gasteiger partial charge in [0.2, 0.25) is 0 Å². The molecule has 0 unspecified atom stereocenters. The van der Waals surface area contributed by atoms with Gasteiger partial charge in [-0.15, -0.1) is 0 Å². The van der Waals surface area contributed by atoms with E-state index in [0.717, 1.165) is 11.2 Å². The van der Waals surface area contributed by atoms with Crippen molar-refractivity contribution >= 4 is 5.65 Å². The molecule has 0 bridgehead atoms. The van der Waals surface area contributed by atoms with Crippen LogP contribution in [0.2, 0.25) is 0 Å². The molecule has 0 radical (unpaired) electrons. The maximum absolute atomic E-state index is 11.2. The highest BCUT2D eigenvalue weighted by atomic mass is 16.1. The zero-order valence-corrected chi connectivity index (χ0v) is 8.53. The van der Waals surface area contributed by atoms with Crippen molar-refractivity contribution in [3.63, 3.8) is 0 Å². The lowest BCUT2D eigenvalue weighted by Crippen LogP contribution is -2.13.